The van der Waals surface area contributed by atoms with Crippen molar-refractivity contribution in [3.8, 4) is 5.75 Å². The number of ketones is 1. The summed E-state index contributed by atoms with van der Waals surface area (Å²) in [6.07, 6.45) is 0. The molecular formula is C15H15FN2O2. The Morgan fingerprint density at radius 2 is 1.95 bits per heavy atom. The smallest absolute Gasteiger partial charge is 0.181 e. The second kappa shape index (κ2) is 6.06. The Morgan fingerprint density at radius 3 is 2.55 bits per heavy atom. The van der Waals surface area contributed by atoms with Crippen molar-refractivity contribution in [3.63, 3.8) is 0 Å². The van der Waals surface area contributed by atoms with Crippen molar-refractivity contribution in [2.75, 3.05) is 24.7 Å². The Balaban J connectivity index is 2.01. The molecule has 0 aliphatic heterocycles. The number of hydrogen-bond donors (Lipinski definition) is 2. The lowest BCUT2D eigenvalue weighted by Gasteiger charge is -2.08. The molecule has 2 rings (SSSR count). The summed E-state index contributed by atoms with van der Waals surface area (Å²) in [5, 5.41) is 2.93. The highest BCUT2D eigenvalue weighted by molar-refractivity contribution is 6.00. The molecule has 0 heterocycles. The van der Waals surface area contributed by atoms with Gasteiger partial charge in [0.05, 0.1) is 19.3 Å². The van der Waals surface area contributed by atoms with Crippen LogP contribution in [0.4, 0.5) is 15.8 Å². The molecule has 20 heavy (non-hydrogen) atoms. The van der Waals surface area contributed by atoms with Gasteiger partial charge in [0.2, 0.25) is 0 Å². The molecule has 0 radical (unpaired) electrons. The van der Waals surface area contributed by atoms with Gasteiger partial charge in [-0.3, -0.25) is 4.79 Å². The fourth-order valence-electron chi connectivity index (χ4n) is 1.76. The van der Waals surface area contributed by atoms with Crippen LogP contribution in [0.3, 0.4) is 0 Å². The molecule has 3 N–H and O–H groups in total. The summed E-state index contributed by atoms with van der Waals surface area (Å²) < 4.78 is 17.8. The van der Waals surface area contributed by atoms with Gasteiger partial charge in [-0.2, -0.15) is 0 Å². The molecule has 0 spiro atoms. The number of nitrogen functional groups attached to an aromatic ring is 1. The molecule has 0 saturated carbocycles. The molecule has 104 valence electrons. The zero-order valence-electron chi connectivity index (χ0n) is 11.0. The molecule has 2 aromatic carbocycles. The van der Waals surface area contributed by atoms with Crippen LogP contribution < -0.4 is 15.8 Å². The number of Topliss-reactive ketones (excluding diaryl/α,β-unsaturated/α-hetero) is 1. The maximum absolute atomic E-state index is 12.7. The van der Waals surface area contributed by atoms with Crippen LogP contribution in [-0.4, -0.2) is 19.4 Å². The van der Waals surface area contributed by atoms with Gasteiger partial charge in [0.1, 0.15) is 11.6 Å². The summed E-state index contributed by atoms with van der Waals surface area (Å²) in [4.78, 5) is 12.0. The third kappa shape index (κ3) is 3.26. The van der Waals surface area contributed by atoms with Crippen LogP contribution in [-0.2, 0) is 0 Å². The summed E-state index contributed by atoms with van der Waals surface area (Å²) in [5.74, 6) is 0.113. The average molecular weight is 274 g/mol. The van der Waals surface area contributed by atoms with Crippen LogP contribution in [0.15, 0.2) is 42.5 Å². The van der Waals surface area contributed by atoms with Crippen LogP contribution in [0.2, 0.25) is 0 Å². The molecule has 0 aromatic heterocycles. The summed E-state index contributed by atoms with van der Waals surface area (Å²) in [6, 6.07) is 10.7. The van der Waals surface area contributed by atoms with Gasteiger partial charge in [0.15, 0.2) is 5.78 Å². The number of rotatable bonds is 5. The van der Waals surface area contributed by atoms with Crippen molar-refractivity contribution in [1.82, 2.24) is 0 Å². The number of ether oxygens (including phenoxy) is 1. The predicted molar refractivity (Wildman–Crippen MR) is 76.6 cm³/mol. The molecule has 0 bridgehead atoms. The molecule has 2 aromatic rings. The summed E-state index contributed by atoms with van der Waals surface area (Å²) in [7, 11) is 1.52. The van der Waals surface area contributed by atoms with E-state index in [9.17, 15) is 9.18 Å². The van der Waals surface area contributed by atoms with Gasteiger partial charge in [-0.15, -0.1) is 0 Å². The summed E-state index contributed by atoms with van der Waals surface area (Å²) >= 11 is 0. The first-order chi connectivity index (χ1) is 9.60. The minimum Gasteiger partial charge on any atom is -0.495 e. The molecule has 0 aliphatic carbocycles. The van der Waals surface area contributed by atoms with Crippen LogP contribution in [0.5, 0.6) is 5.75 Å². The zero-order chi connectivity index (χ0) is 14.5. The van der Waals surface area contributed by atoms with E-state index in [4.69, 9.17) is 10.5 Å². The van der Waals surface area contributed by atoms with E-state index in [1.807, 2.05) is 0 Å². The van der Waals surface area contributed by atoms with E-state index < -0.39 is 0 Å². The van der Waals surface area contributed by atoms with Crippen molar-refractivity contribution in [2.45, 2.75) is 0 Å². The molecule has 0 aliphatic rings. The normalized spacial score (nSPS) is 10.1. The van der Waals surface area contributed by atoms with E-state index >= 15 is 0 Å². The van der Waals surface area contributed by atoms with Crippen molar-refractivity contribution in [3.05, 3.63) is 53.8 Å². The Morgan fingerprint density at radius 1 is 1.25 bits per heavy atom. The van der Waals surface area contributed by atoms with Gasteiger partial charge in [0.25, 0.3) is 0 Å². The Labute approximate surface area is 116 Å². The Kier molecular flexibility index (Phi) is 4.20. The number of benzene rings is 2. The quantitative estimate of drug-likeness (QED) is 0.650. The van der Waals surface area contributed by atoms with Crippen molar-refractivity contribution < 1.29 is 13.9 Å². The molecule has 4 nitrogen and oxygen atoms in total. The number of carbonyl (C=O) groups excluding carboxylic acids is 1. The highest BCUT2D eigenvalue weighted by Gasteiger charge is 2.08. The van der Waals surface area contributed by atoms with E-state index in [1.54, 1.807) is 30.3 Å². The lowest BCUT2D eigenvalue weighted by Crippen LogP contribution is -2.14. The molecule has 0 fully saturated rings. The molecule has 0 saturated heterocycles. The SMILES string of the molecule is COc1ccc(C(=O)CNc2ccc(F)cc2)cc1N. The van der Waals surface area contributed by atoms with Crippen LogP contribution in [0.25, 0.3) is 0 Å². The minimum atomic E-state index is -0.315. The van der Waals surface area contributed by atoms with Gasteiger partial charge in [-0.05, 0) is 42.5 Å². The fraction of sp³-hybridized carbons (Fsp3) is 0.133. The third-order valence-corrected chi connectivity index (χ3v) is 2.85. The monoisotopic (exact) mass is 274 g/mol. The number of halogens is 1. The molecular weight excluding hydrogens is 259 g/mol. The Bertz CT molecular complexity index is 612. The third-order valence-electron chi connectivity index (χ3n) is 2.85. The number of carbonyl (C=O) groups is 1. The van der Waals surface area contributed by atoms with Crippen molar-refractivity contribution in [1.29, 1.82) is 0 Å². The minimum absolute atomic E-state index is 0.108. The topological polar surface area (TPSA) is 64.3 Å². The van der Waals surface area contributed by atoms with Gasteiger partial charge in [-0.25, -0.2) is 4.39 Å². The van der Waals surface area contributed by atoms with Gasteiger partial charge < -0.3 is 15.8 Å². The van der Waals surface area contributed by atoms with Gasteiger partial charge in [-0.1, -0.05) is 0 Å². The lowest BCUT2D eigenvalue weighted by molar-refractivity contribution is 0.101. The highest BCUT2D eigenvalue weighted by Crippen LogP contribution is 2.22. The largest absolute Gasteiger partial charge is 0.495 e. The number of nitrogens with one attached hydrogen (secondary N) is 1. The summed E-state index contributed by atoms with van der Waals surface area (Å²) in [6.45, 7) is 0.109. The maximum atomic E-state index is 12.7. The van der Waals surface area contributed by atoms with E-state index in [-0.39, 0.29) is 18.1 Å². The number of anilines is 2. The van der Waals surface area contributed by atoms with Crippen LogP contribution in [0.1, 0.15) is 10.4 Å². The van der Waals surface area contributed by atoms with E-state index in [0.29, 0.717) is 22.7 Å². The zero-order valence-corrected chi connectivity index (χ0v) is 11.0. The predicted octanol–water partition coefficient (Wildman–Crippen LogP) is 2.71. The first-order valence-electron chi connectivity index (χ1n) is 6.06. The maximum Gasteiger partial charge on any atom is 0.181 e. The van der Waals surface area contributed by atoms with E-state index in [2.05, 4.69) is 5.32 Å². The van der Waals surface area contributed by atoms with Crippen molar-refractivity contribution >= 4 is 17.2 Å². The number of hydrogen-bond acceptors (Lipinski definition) is 4. The van der Waals surface area contributed by atoms with Crippen LogP contribution in [0, 0.1) is 5.82 Å². The highest BCUT2D eigenvalue weighted by atomic mass is 19.1. The second-order valence-corrected chi connectivity index (χ2v) is 4.24. The second-order valence-electron chi connectivity index (χ2n) is 4.24. The van der Waals surface area contributed by atoms with E-state index in [1.165, 1.54) is 19.2 Å². The van der Waals surface area contributed by atoms with Gasteiger partial charge in [0, 0.05) is 11.3 Å². The number of nitrogens with two attached hydrogens (primary N) is 1. The van der Waals surface area contributed by atoms with Crippen molar-refractivity contribution in [2.24, 2.45) is 0 Å². The first-order valence-corrected chi connectivity index (χ1v) is 6.06. The lowest BCUT2D eigenvalue weighted by atomic mass is 10.1. The summed E-state index contributed by atoms with van der Waals surface area (Å²) in [5.41, 5.74) is 7.35. The molecule has 0 unspecified atom stereocenters. The molecule has 0 atom stereocenters. The van der Waals surface area contributed by atoms with Gasteiger partial charge >= 0.3 is 0 Å². The van der Waals surface area contributed by atoms with E-state index in [0.717, 1.165) is 0 Å². The first kappa shape index (κ1) is 13.9. The average Bonchev–Trinajstić information content (AvgIpc) is 2.46. The van der Waals surface area contributed by atoms with Crippen LogP contribution >= 0.6 is 0 Å². The standard InChI is InChI=1S/C15H15FN2O2/c1-20-15-7-2-10(8-13(15)17)14(19)9-18-12-5-3-11(16)4-6-12/h2-8,18H,9,17H2,1H3. The molecule has 5 heteroatoms. The molecule has 0 amide bonds. The number of methoxy groups -OCH3 is 1. The fourth-order valence-corrected chi connectivity index (χ4v) is 1.76. The Hall–Kier alpha value is -2.56.